The first-order chi connectivity index (χ1) is 29.6. The highest BCUT2D eigenvalue weighted by Crippen LogP contribution is 2.43. The summed E-state index contributed by atoms with van der Waals surface area (Å²) < 4.78 is 25.4. The summed E-state index contributed by atoms with van der Waals surface area (Å²) in [5.74, 6) is -0.803. The Balaban J connectivity index is 1.35. The van der Waals surface area contributed by atoms with Crippen LogP contribution in [0.5, 0.6) is 0 Å². The lowest BCUT2D eigenvalue weighted by Crippen LogP contribution is -2.60. The van der Waals surface area contributed by atoms with E-state index in [0.717, 1.165) is 83.1 Å². The Morgan fingerprint density at radius 3 is 2.60 bits per heavy atom. The SMILES string of the molecule is CCn1c(-c2cc(N3CCN(CCOC)CC3)cnc2[C@H](C)OC)c2c3cc(ccc31)-c1csc(n1)C[C@H](NC(=O)OC(C)(C)C)C(=O)N1CCC[C@H](N1)C(=O)OCC(C)(C)C2. The molecule has 16 heteroatoms. The van der Waals surface area contributed by atoms with Gasteiger partial charge in [-0.05, 0) is 77.6 Å². The normalized spacial score (nSPS) is 20.8. The minimum absolute atomic E-state index is 0.139. The molecule has 7 rings (SSSR count). The molecule has 3 aliphatic heterocycles. The molecule has 1 aromatic carbocycles. The van der Waals surface area contributed by atoms with Gasteiger partial charge in [0.2, 0.25) is 0 Å². The van der Waals surface area contributed by atoms with Gasteiger partial charge in [0.05, 0.1) is 53.3 Å². The number of aromatic nitrogens is 3. The van der Waals surface area contributed by atoms with Gasteiger partial charge in [0.1, 0.15) is 17.7 Å². The molecule has 2 amide bonds. The van der Waals surface area contributed by atoms with Crippen molar-refractivity contribution in [3.8, 4) is 22.5 Å². The lowest BCUT2D eigenvalue weighted by molar-refractivity contribution is -0.155. The van der Waals surface area contributed by atoms with Gasteiger partial charge in [-0.15, -0.1) is 11.3 Å². The minimum atomic E-state index is -0.994. The van der Waals surface area contributed by atoms with Crippen LogP contribution in [0.15, 0.2) is 35.8 Å². The number of nitrogens with one attached hydrogen (secondary N) is 2. The minimum Gasteiger partial charge on any atom is -0.464 e. The van der Waals surface area contributed by atoms with E-state index in [2.05, 4.69) is 70.1 Å². The number of thiazole rings is 1. The molecule has 336 valence electrons. The number of amides is 2. The van der Waals surface area contributed by atoms with Crippen LogP contribution >= 0.6 is 11.3 Å². The number of carbonyl (C=O) groups is 3. The van der Waals surface area contributed by atoms with Gasteiger partial charge in [-0.3, -0.25) is 24.5 Å². The zero-order valence-corrected chi connectivity index (χ0v) is 38.7. The predicted molar refractivity (Wildman–Crippen MR) is 241 cm³/mol. The van der Waals surface area contributed by atoms with Crippen molar-refractivity contribution in [3.63, 3.8) is 0 Å². The molecule has 2 N–H and O–H groups in total. The Bertz CT molecular complexity index is 2240. The number of piperazine rings is 1. The van der Waals surface area contributed by atoms with Gasteiger partial charge in [-0.1, -0.05) is 19.9 Å². The van der Waals surface area contributed by atoms with E-state index in [1.165, 1.54) is 16.3 Å². The first-order valence-electron chi connectivity index (χ1n) is 21.9. The Labute approximate surface area is 369 Å². The van der Waals surface area contributed by atoms with Gasteiger partial charge in [0.15, 0.2) is 0 Å². The third kappa shape index (κ3) is 10.3. The molecule has 0 radical (unpaired) electrons. The van der Waals surface area contributed by atoms with Crippen LogP contribution in [0.3, 0.4) is 0 Å². The van der Waals surface area contributed by atoms with Crippen LogP contribution in [-0.4, -0.2) is 127 Å². The van der Waals surface area contributed by atoms with Crippen molar-refractivity contribution < 1.29 is 33.3 Å². The number of fused-ring (bicyclic) bond motifs is 6. The largest absolute Gasteiger partial charge is 0.464 e. The van der Waals surface area contributed by atoms with Crippen LogP contribution in [-0.2, 0) is 47.9 Å². The number of aryl methyl sites for hydroxylation is 1. The van der Waals surface area contributed by atoms with E-state index >= 15 is 0 Å². The zero-order chi connectivity index (χ0) is 44.3. The highest BCUT2D eigenvalue weighted by atomic mass is 32.1. The fraction of sp³-hybridized carbons (Fsp3) is 0.587. The van der Waals surface area contributed by atoms with E-state index in [4.69, 9.17) is 28.9 Å². The van der Waals surface area contributed by atoms with E-state index in [0.29, 0.717) is 44.0 Å². The van der Waals surface area contributed by atoms with Gasteiger partial charge in [0.25, 0.3) is 5.91 Å². The third-order valence-corrected chi connectivity index (χ3v) is 12.8. The second-order valence-corrected chi connectivity index (χ2v) is 19.4. The molecule has 3 atom stereocenters. The molecular formula is C46H64N8O7S. The molecule has 3 aromatic heterocycles. The highest BCUT2D eigenvalue weighted by Gasteiger charge is 2.36. The Morgan fingerprint density at radius 2 is 1.89 bits per heavy atom. The second kappa shape index (κ2) is 19.0. The Kier molecular flexibility index (Phi) is 13.9. The van der Waals surface area contributed by atoms with Gasteiger partial charge < -0.3 is 33.7 Å². The number of carbonyl (C=O) groups excluding carboxylic acids is 3. The summed E-state index contributed by atoms with van der Waals surface area (Å²) in [6, 6.07) is 7.04. The van der Waals surface area contributed by atoms with Gasteiger partial charge in [0, 0.05) is 99.3 Å². The van der Waals surface area contributed by atoms with Crippen molar-refractivity contribution in [1.29, 1.82) is 0 Å². The fourth-order valence-corrected chi connectivity index (χ4v) is 9.52. The van der Waals surface area contributed by atoms with Gasteiger partial charge in [-0.25, -0.2) is 15.2 Å². The van der Waals surface area contributed by atoms with Crippen LogP contribution in [0.4, 0.5) is 10.5 Å². The Hall–Kier alpha value is -4.61. The highest BCUT2D eigenvalue weighted by molar-refractivity contribution is 7.10. The average molecular weight is 873 g/mol. The van der Waals surface area contributed by atoms with Crippen molar-refractivity contribution in [2.24, 2.45) is 5.41 Å². The number of alkyl carbamates (subject to hydrolysis) is 1. The van der Waals surface area contributed by atoms with Crippen molar-refractivity contribution >= 4 is 45.9 Å². The zero-order valence-electron chi connectivity index (χ0n) is 37.8. The number of ether oxygens (including phenoxy) is 4. The lowest BCUT2D eigenvalue weighted by atomic mass is 9.84. The van der Waals surface area contributed by atoms with Gasteiger partial charge >= 0.3 is 12.1 Å². The summed E-state index contributed by atoms with van der Waals surface area (Å²) in [5, 5.41) is 7.99. The molecule has 2 saturated heterocycles. The van der Waals surface area contributed by atoms with E-state index < -0.39 is 35.2 Å². The maximum absolute atomic E-state index is 14.1. The number of hydrazine groups is 1. The molecule has 0 aliphatic carbocycles. The number of anilines is 1. The van der Waals surface area contributed by atoms with E-state index in [-0.39, 0.29) is 25.0 Å². The molecule has 15 nitrogen and oxygen atoms in total. The summed E-state index contributed by atoms with van der Waals surface area (Å²) in [4.78, 5) is 56.1. The van der Waals surface area contributed by atoms with Crippen LogP contribution in [0.1, 0.15) is 83.7 Å². The molecule has 0 spiro atoms. The summed E-state index contributed by atoms with van der Waals surface area (Å²) in [5.41, 5.74) is 9.77. The molecule has 6 heterocycles. The van der Waals surface area contributed by atoms with E-state index in [1.54, 1.807) is 35.0 Å². The first-order valence-corrected chi connectivity index (χ1v) is 22.8. The van der Waals surface area contributed by atoms with Crippen LogP contribution in [0, 0.1) is 5.41 Å². The first kappa shape index (κ1) is 45.4. The standard InChI is InChI=1S/C46H64N8O7S/c1-10-53-38-14-13-30-22-32(38)34(41(53)33-23-31(26-47-40(33)29(2)59-9)52-18-16-51(17-19-52)20-21-58-8)25-46(6,7)28-60-43(56)35-12-11-15-54(50-35)42(55)36(24-39-48-37(30)27-62-39)49-44(57)61-45(3,4)5/h13-14,22-23,26-27,29,35-36,50H,10-12,15-21,24-25,28H2,1-9H3,(H,49,57)/t29-,35-,36-/m0/s1. The van der Waals surface area contributed by atoms with Crippen molar-refractivity contribution in [2.75, 3.05) is 71.6 Å². The molecule has 62 heavy (non-hydrogen) atoms. The molecule has 4 aromatic rings. The summed E-state index contributed by atoms with van der Waals surface area (Å²) in [6.45, 7) is 20.3. The van der Waals surface area contributed by atoms with E-state index in [1.807, 2.05) is 18.5 Å². The average Bonchev–Trinajstić information content (AvgIpc) is 3.84. The number of hydrogen-bond donors (Lipinski definition) is 2. The molecule has 0 saturated carbocycles. The van der Waals surface area contributed by atoms with Crippen LogP contribution in [0.25, 0.3) is 33.4 Å². The summed E-state index contributed by atoms with van der Waals surface area (Å²) >= 11 is 1.44. The quantitative estimate of drug-likeness (QED) is 0.180. The second-order valence-electron chi connectivity index (χ2n) is 18.4. The molecule has 0 unspecified atom stereocenters. The number of hydrogen-bond acceptors (Lipinski definition) is 13. The third-order valence-electron chi connectivity index (χ3n) is 11.9. The predicted octanol–water partition coefficient (Wildman–Crippen LogP) is 6.38. The topological polar surface area (TPSA) is 153 Å². The lowest BCUT2D eigenvalue weighted by Gasteiger charge is -2.36. The van der Waals surface area contributed by atoms with E-state index in [9.17, 15) is 14.4 Å². The van der Waals surface area contributed by atoms with Crippen molar-refractivity contribution in [2.45, 2.75) is 104 Å². The molecule has 3 aliphatic rings. The smallest absolute Gasteiger partial charge is 0.408 e. The maximum Gasteiger partial charge on any atom is 0.408 e. The number of methoxy groups -OCH3 is 2. The van der Waals surface area contributed by atoms with Gasteiger partial charge in [-0.2, -0.15) is 0 Å². The number of rotatable bonds is 9. The van der Waals surface area contributed by atoms with Crippen LogP contribution in [0.2, 0.25) is 0 Å². The van der Waals surface area contributed by atoms with Crippen LogP contribution < -0.4 is 15.6 Å². The number of benzene rings is 1. The molecule has 2 fully saturated rings. The summed E-state index contributed by atoms with van der Waals surface area (Å²) in [7, 11) is 3.46. The number of nitrogens with zero attached hydrogens (tertiary/aromatic N) is 6. The monoisotopic (exact) mass is 872 g/mol. The van der Waals surface area contributed by atoms with Crippen molar-refractivity contribution in [3.05, 3.63) is 52.1 Å². The molecule has 6 bridgehead atoms. The number of esters is 1. The Morgan fingerprint density at radius 1 is 1.11 bits per heavy atom. The van der Waals surface area contributed by atoms with Crippen molar-refractivity contribution in [1.82, 2.24) is 35.2 Å². The summed E-state index contributed by atoms with van der Waals surface area (Å²) in [6.07, 6.45) is 2.82. The number of pyridine rings is 1. The fourth-order valence-electron chi connectivity index (χ4n) is 8.67. The molecular weight excluding hydrogens is 809 g/mol. The maximum atomic E-state index is 14.1. The number of cyclic esters (lactones) is 1.